The molecule has 0 radical (unpaired) electrons. The summed E-state index contributed by atoms with van der Waals surface area (Å²) in [5.41, 5.74) is 2.29. The summed E-state index contributed by atoms with van der Waals surface area (Å²) in [6.45, 7) is 0. The molecule has 1 unspecified atom stereocenters. The van der Waals surface area contributed by atoms with Crippen molar-refractivity contribution in [3.05, 3.63) is 82.9 Å². The number of carboxylic acids is 1. The molecule has 0 aromatic heterocycles. The van der Waals surface area contributed by atoms with Gasteiger partial charge >= 0.3 is 5.97 Å². The molecule has 0 aliphatic heterocycles. The van der Waals surface area contributed by atoms with Gasteiger partial charge in [0, 0.05) is 5.02 Å². The number of halogens is 1. The Balaban J connectivity index is 1.65. The normalized spacial score (nSPS) is 12.6. The summed E-state index contributed by atoms with van der Waals surface area (Å²) < 4.78 is 0. The predicted octanol–water partition coefficient (Wildman–Crippen LogP) is 7.11. The minimum Gasteiger partial charge on any atom is -0.481 e. The van der Waals surface area contributed by atoms with Crippen LogP contribution in [0.2, 0.25) is 5.02 Å². The van der Waals surface area contributed by atoms with Crippen molar-refractivity contribution < 1.29 is 9.90 Å². The van der Waals surface area contributed by atoms with E-state index in [-0.39, 0.29) is 5.92 Å². The van der Waals surface area contributed by atoms with Crippen LogP contribution in [-0.2, 0) is 4.79 Å². The smallest absolute Gasteiger partial charge is 0.306 e. The molecule has 2 aromatic carbocycles. The molecule has 1 atom stereocenters. The van der Waals surface area contributed by atoms with Gasteiger partial charge in [0.15, 0.2) is 0 Å². The number of hydrogen-bond acceptors (Lipinski definition) is 1. The zero-order chi connectivity index (χ0) is 19.3. The Morgan fingerprint density at radius 1 is 0.852 bits per heavy atom. The second kappa shape index (κ2) is 12.1. The quantitative estimate of drug-likeness (QED) is 0.420. The molecule has 0 aliphatic carbocycles. The number of benzene rings is 2. The Morgan fingerprint density at radius 2 is 1.37 bits per heavy atom. The highest BCUT2D eigenvalue weighted by atomic mass is 35.5. The molecule has 142 valence electrons. The van der Waals surface area contributed by atoms with Crippen LogP contribution in [0.4, 0.5) is 0 Å². The zero-order valence-corrected chi connectivity index (χ0v) is 16.3. The van der Waals surface area contributed by atoms with Gasteiger partial charge in [-0.15, -0.1) is 0 Å². The Morgan fingerprint density at radius 3 is 1.89 bits per heavy atom. The van der Waals surface area contributed by atoms with Crippen LogP contribution in [0, 0.1) is 5.92 Å². The number of aliphatic carboxylic acids is 1. The molecule has 0 bridgehead atoms. The third kappa shape index (κ3) is 8.74. The van der Waals surface area contributed by atoms with Crippen molar-refractivity contribution in [2.24, 2.45) is 5.92 Å². The van der Waals surface area contributed by atoms with Crippen molar-refractivity contribution in [2.45, 2.75) is 38.5 Å². The molecule has 27 heavy (non-hydrogen) atoms. The predicted molar refractivity (Wildman–Crippen MR) is 115 cm³/mol. The van der Waals surface area contributed by atoms with Gasteiger partial charge in [0.25, 0.3) is 0 Å². The van der Waals surface area contributed by atoms with Crippen LogP contribution in [0.5, 0.6) is 0 Å². The van der Waals surface area contributed by atoms with E-state index in [0.29, 0.717) is 0 Å². The van der Waals surface area contributed by atoms with Crippen LogP contribution in [-0.4, -0.2) is 11.1 Å². The van der Waals surface area contributed by atoms with Crippen LogP contribution in [0.25, 0.3) is 12.2 Å². The lowest BCUT2D eigenvalue weighted by molar-refractivity contribution is -0.142. The SMILES string of the molecule is O=C(O)C(CCC/C=C/c1ccccc1)CCC/C=C/c1ccc(Cl)cc1. The third-order valence-corrected chi connectivity index (χ3v) is 4.74. The van der Waals surface area contributed by atoms with E-state index in [4.69, 9.17) is 11.6 Å². The zero-order valence-electron chi connectivity index (χ0n) is 15.6. The standard InChI is InChI=1S/C24H27ClO2/c25-23-18-16-21(17-19-23)13-7-3-9-15-22(24(26)27)14-8-2-6-12-20-10-4-1-5-11-20/h1,4-7,10-13,16-19,22H,2-3,8-9,14-15H2,(H,26,27)/b12-6+,13-7+. The van der Waals surface area contributed by atoms with Gasteiger partial charge in [-0.1, -0.05) is 78.4 Å². The molecule has 0 amide bonds. The second-order valence-electron chi connectivity index (χ2n) is 6.66. The third-order valence-electron chi connectivity index (χ3n) is 4.49. The van der Waals surface area contributed by atoms with Gasteiger partial charge in [0.1, 0.15) is 0 Å². The molecular formula is C24H27ClO2. The fraction of sp³-hybridized carbons (Fsp3) is 0.292. The molecule has 0 heterocycles. The Labute approximate surface area is 167 Å². The number of carbonyl (C=O) groups is 1. The fourth-order valence-electron chi connectivity index (χ4n) is 2.93. The van der Waals surface area contributed by atoms with E-state index in [1.807, 2.05) is 42.5 Å². The molecule has 2 nitrogen and oxygen atoms in total. The first-order valence-corrected chi connectivity index (χ1v) is 9.89. The van der Waals surface area contributed by atoms with Gasteiger partial charge in [-0.25, -0.2) is 0 Å². The first-order valence-electron chi connectivity index (χ1n) is 9.51. The average Bonchev–Trinajstić information content (AvgIpc) is 2.68. The van der Waals surface area contributed by atoms with Gasteiger partial charge in [-0.05, 0) is 61.8 Å². The molecule has 2 aromatic rings. The second-order valence-corrected chi connectivity index (χ2v) is 7.10. The average molecular weight is 383 g/mol. The summed E-state index contributed by atoms with van der Waals surface area (Å²) in [6, 6.07) is 17.8. The summed E-state index contributed by atoms with van der Waals surface area (Å²) in [5.74, 6) is -0.928. The van der Waals surface area contributed by atoms with E-state index in [1.165, 1.54) is 5.56 Å². The van der Waals surface area contributed by atoms with Gasteiger partial charge in [0.2, 0.25) is 0 Å². The fourth-order valence-corrected chi connectivity index (χ4v) is 3.06. The number of unbranched alkanes of at least 4 members (excludes halogenated alkanes) is 2. The summed E-state index contributed by atoms with van der Waals surface area (Å²) in [4.78, 5) is 11.5. The Kier molecular flexibility index (Phi) is 9.43. The maximum Gasteiger partial charge on any atom is 0.306 e. The van der Waals surface area contributed by atoms with E-state index >= 15 is 0 Å². The number of rotatable bonds is 11. The van der Waals surface area contributed by atoms with Gasteiger partial charge in [-0.3, -0.25) is 4.79 Å². The van der Waals surface area contributed by atoms with Crippen LogP contribution in [0.15, 0.2) is 66.7 Å². The van der Waals surface area contributed by atoms with Gasteiger partial charge < -0.3 is 5.11 Å². The summed E-state index contributed by atoms with van der Waals surface area (Å²) in [5, 5.41) is 10.2. The Bertz CT molecular complexity index is 733. The molecule has 0 aliphatic rings. The van der Waals surface area contributed by atoms with Crippen molar-refractivity contribution in [3.8, 4) is 0 Å². The molecular weight excluding hydrogens is 356 g/mol. The van der Waals surface area contributed by atoms with Crippen LogP contribution >= 0.6 is 11.6 Å². The van der Waals surface area contributed by atoms with Crippen molar-refractivity contribution in [3.63, 3.8) is 0 Å². The van der Waals surface area contributed by atoms with E-state index < -0.39 is 5.97 Å². The lowest BCUT2D eigenvalue weighted by Crippen LogP contribution is -2.13. The number of hydrogen-bond donors (Lipinski definition) is 1. The van der Waals surface area contributed by atoms with Crippen molar-refractivity contribution in [1.29, 1.82) is 0 Å². The lowest BCUT2D eigenvalue weighted by Gasteiger charge is -2.10. The molecule has 3 heteroatoms. The maximum absolute atomic E-state index is 11.5. The summed E-state index contributed by atoms with van der Waals surface area (Å²) >= 11 is 5.87. The van der Waals surface area contributed by atoms with Crippen molar-refractivity contribution in [2.75, 3.05) is 0 Å². The number of carboxylic acid groups (broad SMARTS) is 1. The van der Waals surface area contributed by atoms with Gasteiger partial charge in [0.05, 0.1) is 5.92 Å². The van der Waals surface area contributed by atoms with E-state index in [2.05, 4.69) is 36.4 Å². The minimum absolute atomic E-state index is 0.251. The lowest BCUT2D eigenvalue weighted by atomic mass is 9.95. The highest BCUT2D eigenvalue weighted by molar-refractivity contribution is 6.30. The van der Waals surface area contributed by atoms with Crippen LogP contribution in [0.1, 0.15) is 49.7 Å². The molecule has 0 fully saturated rings. The maximum atomic E-state index is 11.5. The molecule has 0 spiro atoms. The largest absolute Gasteiger partial charge is 0.481 e. The monoisotopic (exact) mass is 382 g/mol. The van der Waals surface area contributed by atoms with E-state index in [9.17, 15) is 9.90 Å². The van der Waals surface area contributed by atoms with Crippen molar-refractivity contribution in [1.82, 2.24) is 0 Å². The van der Waals surface area contributed by atoms with Crippen LogP contribution < -0.4 is 0 Å². The first kappa shape index (κ1) is 21.0. The molecule has 0 saturated carbocycles. The van der Waals surface area contributed by atoms with E-state index in [0.717, 1.165) is 49.1 Å². The van der Waals surface area contributed by atoms with E-state index in [1.54, 1.807) is 0 Å². The Hall–Kier alpha value is -2.32. The van der Waals surface area contributed by atoms with Gasteiger partial charge in [-0.2, -0.15) is 0 Å². The van der Waals surface area contributed by atoms with Crippen molar-refractivity contribution >= 4 is 29.7 Å². The summed E-state index contributed by atoms with van der Waals surface area (Å²) in [6.07, 6.45) is 13.4. The minimum atomic E-state index is -0.677. The molecule has 0 saturated heterocycles. The molecule has 1 N–H and O–H groups in total. The highest BCUT2D eigenvalue weighted by Gasteiger charge is 2.15. The first-order chi connectivity index (χ1) is 13.1. The highest BCUT2D eigenvalue weighted by Crippen LogP contribution is 2.18. The topological polar surface area (TPSA) is 37.3 Å². The molecule has 2 rings (SSSR count). The van der Waals surface area contributed by atoms with Crippen LogP contribution in [0.3, 0.4) is 0 Å². The number of allylic oxidation sites excluding steroid dienone is 2. The summed E-state index contributed by atoms with van der Waals surface area (Å²) in [7, 11) is 0.